The molecule has 2 heteroatoms. The third kappa shape index (κ3) is 3.74. The molecule has 0 aliphatic carbocycles. The normalized spacial score (nSPS) is 16.9. The van der Waals surface area contributed by atoms with Gasteiger partial charge in [0, 0.05) is 19.5 Å². The molecule has 0 saturated carbocycles. The molecule has 0 aromatic heterocycles. The van der Waals surface area contributed by atoms with Gasteiger partial charge in [-0.2, -0.15) is 0 Å². The van der Waals surface area contributed by atoms with Crippen molar-refractivity contribution < 1.29 is 4.79 Å². The highest BCUT2D eigenvalue weighted by atomic mass is 16.2. The molecule has 1 heterocycles. The number of amides is 1. The van der Waals surface area contributed by atoms with Crippen molar-refractivity contribution >= 4 is 5.91 Å². The van der Waals surface area contributed by atoms with Crippen molar-refractivity contribution in [2.45, 2.75) is 46.5 Å². The Hall–Kier alpha value is -0.530. The van der Waals surface area contributed by atoms with Crippen LogP contribution in [0.2, 0.25) is 0 Å². The van der Waals surface area contributed by atoms with E-state index in [9.17, 15) is 4.79 Å². The fourth-order valence-electron chi connectivity index (χ4n) is 1.37. The van der Waals surface area contributed by atoms with Crippen molar-refractivity contribution in [3.63, 3.8) is 0 Å². The van der Waals surface area contributed by atoms with Crippen LogP contribution in [0.5, 0.6) is 0 Å². The number of carbonyl (C=O) groups excluding carboxylic acids is 1. The number of carbonyl (C=O) groups is 1. The highest BCUT2D eigenvalue weighted by Crippen LogP contribution is 2.09. The Balaban J connectivity index is 0.000000561. The van der Waals surface area contributed by atoms with Gasteiger partial charge in [-0.25, -0.2) is 0 Å². The van der Waals surface area contributed by atoms with Crippen LogP contribution < -0.4 is 0 Å². The van der Waals surface area contributed by atoms with E-state index < -0.39 is 0 Å². The summed E-state index contributed by atoms with van der Waals surface area (Å²) < 4.78 is 0. The topological polar surface area (TPSA) is 20.3 Å². The number of nitrogens with zero attached hydrogens (tertiary/aromatic N) is 1. The monoisotopic (exact) mass is 171 g/mol. The lowest BCUT2D eigenvalue weighted by Crippen LogP contribution is -2.35. The van der Waals surface area contributed by atoms with Gasteiger partial charge < -0.3 is 4.90 Å². The first kappa shape index (κ1) is 11.5. The summed E-state index contributed by atoms with van der Waals surface area (Å²) in [6.07, 6.45) is 4.16. The molecule has 0 aromatic carbocycles. The number of likely N-dealkylation sites (tertiary alicyclic amines) is 1. The lowest BCUT2D eigenvalue weighted by molar-refractivity contribution is -0.133. The smallest absolute Gasteiger partial charge is 0.222 e. The summed E-state index contributed by atoms with van der Waals surface area (Å²) in [5.74, 6) is 0.355. The van der Waals surface area contributed by atoms with E-state index >= 15 is 0 Å². The molecule has 0 aromatic rings. The van der Waals surface area contributed by atoms with E-state index in [-0.39, 0.29) is 0 Å². The van der Waals surface area contributed by atoms with Gasteiger partial charge in [-0.3, -0.25) is 4.79 Å². The van der Waals surface area contributed by atoms with Gasteiger partial charge in [-0.05, 0) is 19.3 Å². The average Bonchev–Trinajstić information content (AvgIpc) is 2.13. The summed E-state index contributed by atoms with van der Waals surface area (Å²) in [6, 6.07) is 0. The van der Waals surface area contributed by atoms with Gasteiger partial charge in [-0.1, -0.05) is 20.8 Å². The first-order chi connectivity index (χ1) is 5.84. The number of rotatable bonds is 2. The van der Waals surface area contributed by atoms with E-state index in [0.717, 1.165) is 32.4 Å². The standard InChI is InChI=1S/C8H15NO.C2H6/c1-2-6-9-7-4-3-5-8(9)10;1-2/h2-7H2,1H3;1-2H3. The minimum atomic E-state index is 0.355. The lowest BCUT2D eigenvalue weighted by atomic mass is 10.1. The molecule has 0 unspecified atom stereocenters. The van der Waals surface area contributed by atoms with Crippen LogP contribution in [0.3, 0.4) is 0 Å². The predicted molar refractivity (Wildman–Crippen MR) is 52.1 cm³/mol. The Bertz CT molecular complexity index is 121. The molecule has 1 aliphatic heterocycles. The predicted octanol–water partition coefficient (Wildman–Crippen LogP) is 2.44. The van der Waals surface area contributed by atoms with Crippen molar-refractivity contribution in [3.05, 3.63) is 0 Å². The molecule has 2 nitrogen and oxygen atoms in total. The molecule has 0 N–H and O–H groups in total. The molecule has 0 atom stereocenters. The molecular formula is C10H21NO. The molecule has 72 valence electrons. The van der Waals surface area contributed by atoms with Crippen LogP contribution in [0.15, 0.2) is 0 Å². The van der Waals surface area contributed by atoms with E-state index in [2.05, 4.69) is 6.92 Å². The van der Waals surface area contributed by atoms with Gasteiger partial charge in [0.1, 0.15) is 0 Å². The second-order valence-corrected chi connectivity index (χ2v) is 2.84. The van der Waals surface area contributed by atoms with Crippen LogP contribution in [-0.4, -0.2) is 23.9 Å². The molecule has 0 spiro atoms. The summed E-state index contributed by atoms with van der Waals surface area (Å²) >= 11 is 0. The Morgan fingerprint density at radius 3 is 2.50 bits per heavy atom. The fraction of sp³-hybridized carbons (Fsp3) is 0.900. The quantitative estimate of drug-likeness (QED) is 0.625. The van der Waals surface area contributed by atoms with Crippen LogP contribution >= 0.6 is 0 Å². The molecule has 1 aliphatic rings. The minimum Gasteiger partial charge on any atom is -0.343 e. The van der Waals surface area contributed by atoms with E-state index in [1.807, 2.05) is 18.7 Å². The van der Waals surface area contributed by atoms with Crippen molar-refractivity contribution in [3.8, 4) is 0 Å². The maximum absolute atomic E-state index is 11.1. The SMILES string of the molecule is CC.CCCN1CCCCC1=O. The molecule has 1 saturated heterocycles. The second-order valence-electron chi connectivity index (χ2n) is 2.84. The molecule has 12 heavy (non-hydrogen) atoms. The number of hydrogen-bond donors (Lipinski definition) is 0. The van der Waals surface area contributed by atoms with Gasteiger partial charge >= 0.3 is 0 Å². The van der Waals surface area contributed by atoms with E-state index in [0.29, 0.717) is 5.91 Å². The van der Waals surface area contributed by atoms with Crippen molar-refractivity contribution in [1.29, 1.82) is 0 Å². The van der Waals surface area contributed by atoms with Crippen LogP contribution in [0.1, 0.15) is 46.5 Å². The zero-order chi connectivity index (χ0) is 9.40. The van der Waals surface area contributed by atoms with Crippen molar-refractivity contribution in [2.24, 2.45) is 0 Å². The highest BCUT2D eigenvalue weighted by molar-refractivity contribution is 5.76. The Morgan fingerprint density at radius 2 is 2.00 bits per heavy atom. The summed E-state index contributed by atoms with van der Waals surface area (Å²) in [5, 5.41) is 0. The summed E-state index contributed by atoms with van der Waals surface area (Å²) in [4.78, 5) is 13.1. The van der Waals surface area contributed by atoms with Gasteiger partial charge in [0.05, 0.1) is 0 Å². The zero-order valence-corrected chi connectivity index (χ0v) is 8.60. The first-order valence-electron chi connectivity index (χ1n) is 5.12. The third-order valence-electron chi connectivity index (χ3n) is 1.91. The maximum Gasteiger partial charge on any atom is 0.222 e. The van der Waals surface area contributed by atoms with Crippen molar-refractivity contribution in [1.82, 2.24) is 4.90 Å². The highest BCUT2D eigenvalue weighted by Gasteiger charge is 2.15. The van der Waals surface area contributed by atoms with E-state index in [1.165, 1.54) is 6.42 Å². The van der Waals surface area contributed by atoms with Gasteiger partial charge in [-0.15, -0.1) is 0 Å². The summed E-state index contributed by atoms with van der Waals surface area (Å²) in [6.45, 7) is 8.06. The fourth-order valence-corrected chi connectivity index (χ4v) is 1.37. The molecule has 0 bridgehead atoms. The maximum atomic E-state index is 11.1. The Labute approximate surface area is 75.9 Å². The number of hydrogen-bond acceptors (Lipinski definition) is 1. The Morgan fingerprint density at radius 1 is 1.33 bits per heavy atom. The largest absolute Gasteiger partial charge is 0.343 e. The molecular weight excluding hydrogens is 150 g/mol. The van der Waals surface area contributed by atoms with E-state index in [1.54, 1.807) is 0 Å². The molecule has 0 radical (unpaired) electrons. The summed E-state index contributed by atoms with van der Waals surface area (Å²) in [5.41, 5.74) is 0. The van der Waals surface area contributed by atoms with Crippen LogP contribution in [-0.2, 0) is 4.79 Å². The van der Waals surface area contributed by atoms with Crippen molar-refractivity contribution in [2.75, 3.05) is 13.1 Å². The summed E-state index contributed by atoms with van der Waals surface area (Å²) in [7, 11) is 0. The average molecular weight is 171 g/mol. The van der Waals surface area contributed by atoms with Gasteiger partial charge in [0.25, 0.3) is 0 Å². The lowest BCUT2D eigenvalue weighted by Gasteiger charge is -2.25. The van der Waals surface area contributed by atoms with Gasteiger partial charge in [0.15, 0.2) is 0 Å². The van der Waals surface area contributed by atoms with Crippen LogP contribution in [0, 0.1) is 0 Å². The van der Waals surface area contributed by atoms with Gasteiger partial charge in [0.2, 0.25) is 5.91 Å². The third-order valence-corrected chi connectivity index (χ3v) is 1.91. The van der Waals surface area contributed by atoms with E-state index in [4.69, 9.17) is 0 Å². The molecule has 1 rings (SSSR count). The second kappa shape index (κ2) is 7.14. The first-order valence-corrected chi connectivity index (χ1v) is 5.12. The number of piperidine rings is 1. The Kier molecular flexibility index (Phi) is 6.82. The molecule has 1 amide bonds. The van der Waals surface area contributed by atoms with Crippen LogP contribution in [0.4, 0.5) is 0 Å². The zero-order valence-electron chi connectivity index (χ0n) is 8.60. The minimum absolute atomic E-state index is 0.355. The molecule has 1 fully saturated rings. The van der Waals surface area contributed by atoms with Crippen LogP contribution in [0.25, 0.3) is 0 Å².